The number of likely N-dealkylation sites (N-methyl/N-ethyl adjacent to an activating group) is 1. The molecule has 1 unspecified atom stereocenters. The molecule has 152 valence electrons. The quantitative estimate of drug-likeness (QED) is 0.794. The molecule has 10 heteroatoms. The number of amides is 1. The minimum absolute atomic E-state index is 0.131. The van der Waals surface area contributed by atoms with Crippen molar-refractivity contribution < 1.29 is 22.7 Å². The van der Waals surface area contributed by atoms with E-state index in [-0.39, 0.29) is 23.6 Å². The Hall–Kier alpha value is -2.78. The average Bonchev–Trinajstić information content (AvgIpc) is 3.07. The summed E-state index contributed by atoms with van der Waals surface area (Å²) < 4.78 is 46.6. The number of halogens is 3. The van der Waals surface area contributed by atoms with E-state index in [2.05, 4.69) is 10.1 Å². The first-order valence-electron chi connectivity index (χ1n) is 8.84. The van der Waals surface area contributed by atoms with Gasteiger partial charge in [0.2, 0.25) is 5.88 Å². The molecule has 0 N–H and O–H groups in total. The van der Waals surface area contributed by atoms with E-state index in [9.17, 15) is 18.0 Å². The van der Waals surface area contributed by atoms with Crippen molar-refractivity contribution >= 4 is 11.7 Å². The molecule has 1 atom stereocenters. The van der Waals surface area contributed by atoms with E-state index in [4.69, 9.17) is 4.74 Å². The van der Waals surface area contributed by atoms with Gasteiger partial charge in [-0.2, -0.15) is 13.2 Å². The Kier molecular flexibility index (Phi) is 5.48. The first kappa shape index (κ1) is 20.0. The average molecular weight is 397 g/mol. The number of hydrogen-bond acceptors (Lipinski definition) is 5. The highest BCUT2D eigenvalue weighted by Gasteiger charge is 2.37. The maximum absolute atomic E-state index is 13.3. The number of ether oxygens (including phenoxy) is 1. The number of likely N-dealkylation sites (tertiary alicyclic amines) is 1. The summed E-state index contributed by atoms with van der Waals surface area (Å²) in [6, 6.07) is 2.01. The Balaban J connectivity index is 1.81. The first-order chi connectivity index (χ1) is 13.2. The van der Waals surface area contributed by atoms with E-state index < -0.39 is 11.7 Å². The molecule has 2 aromatic rings. The zero-order chi connectivity index (χ0) is 20.5. The number of hydrogen-bond donors (Lipinski definition) is 0. The summed E-state index contributed by atoms with van der Waals surface area (Å²) in [5, 5.41) is 4.09. The van der Waals surface area contributed by atoms with Gasteiger partial charge in [0, 0.05) is 45.6 Å². The van der Waals surface area contributed by atoms with Crippen molar-refractivity contribution in [3.63, 3.8) is 0 Å². The summed E-state index contributed by atoms with van der Waals surface area (Å²) in [6.45, 7) is 0.816. The van der Waals surface area contributed by atoms with Crippen molar-refractivity contribution in [3.05, 3.63) is 35.7 Å². The molecular formula is C18H22F3N5O2. The number of alkyl halides is 3. The Morgan fingerprint density at radius 2 is 2.14 bits per heavy atom. The lowest BCUT2D eigenvalue weighted by Gasteiger charge is -2.38. The second-order valence-corrected chi connectivity index (χ2v) is 6.76. The molecule has 2 aromatic heterocycles. The Bertz CT molecular complexity index is 852. The van der Waals surface area contributed by atoms with Crippen LogP contribution in [-0.4, -0.2) is 58.9 Å². The number of methoxy groups -OCH3 is 1. The molecule has 7 nitrogen and oxygen atoms in total. The van der Waals surface area contributed by atoms with Gasteiger partial charge in [0.25, 0.3) is 5.91 Å². The topological polar surface area (TPSA) is 63.5 Å². The summed E-state index contributed by atoms with van der Waals surface area (Å²) >= 11 is 0. The Labute approximate surface area is 160 Å². The van der Waals surface area contributed by atoms with E-state index in [0.29, 0.717) is 31.5 Å². The van der Waals surface area contributed by atoms with Gasteiger partial charge in [-0.05, 0) is 25.0 Å². The van der Waals surface area contributed by atoms with Gasteiger partial charge in [-0.1, -0.05) is 0 Å². The fourth-order valence-electron chi connectivity index (χ4n) is 3.46. The van der Waals surface area contributed by atoms with Crippen LogP contribution in [0.1, 0.15) is 28.8 Å². The van der Waals surface area contributed by atoms with Crippen LogP contribution in [-0.2, 0) is 13.2 Å². The second-order valence-electron chi connectivity index (χ2n) is 6.76. The van der Waals surface area contributed by atoms with E-state index in [1.165, 1.54) is 29.0 Å². The zero-order valence-electron chi connectivity index (χ0n) is 15.9. The van der Waals surface area contributed by atoms with Crippen molar-refractivity contribution in [2.45, 2.75) is 25.1 Å². The molecule has 3 rings (SSSR count). The van der Waals surface area contributed by atoms with Gasteiger partial charge in [-0.25, -0.2) is 4.98 Å². The van der Waals surface area contributed by atoms with Crippen molar-refractivity contribution in [3.8, 4) is 5.88 Å². The van der Waals surface area contributed by atoms with E-state index >= 15 is 0 Å². The summed E-state index contributed by atoms with van der Waals surface area (Å²) in [6.07, 6.45) is -0.233. The second kappa shape index (κ2) is 7.69. The highest BCUT2D eigenvalue weighted by molar-refractivity contribution is 5.96. The van der Waals surface area contributed by atoms with Gasteiger partial charge in [0.05, 0.1) is 12.7 Å². The number of piperidine rings is 1. The van der Waals surface area contributed by atoms with Crippen LogP contribution in [0.4, 0.5) is 19.0 Å². The number of pyridine rings is 1. The molecule has 1 aliphatic heterocycles. The molecule has 1 fully saturated rings. The number of carbonyl (C=O) groups is 1. The van der Waals surface area contributed by atoms with Gasteiger partial charge < -0.3 is 14.5 Å². The maximum Gasteiger partial charge on any atom is 0.419 e. The number of aromatic nitrogens is 3. The smallest absolute Gasteiger partial charge is 0.419 e. The number of rotatable bonds is 4. The molecule has 1 amide bonds. The number of aryl methyl sites for hydroxylation is 1. The number of anilines is 1. The van der Waals surface area contributed by atoms with Crippen LogP contribution in [0.25, 0.3) is 0 Å². The summed E-state index contributed by atoms with van der Waals surface area (Å²) in [5.74, 6) is -0.152. The van der Waals surface area contributed by atoms with Crippen molar-refractivity contribution in [1.29, 1.82) is 0 Å². The molecule has 0 aliphatic carbocycles. The van der Waals surface area contributed by atoms with Crippen LogP contribution in [0.2, 0.25) is 0 Å². The fourth-order valence-corrected chi connectivity index (χ4v) is 3.46. The highest BCUT2D eigenvalue weighted by Crippen LogP contribution is 2.36. The first-order valence-corrected chi connectivity index (χ1v) is 8.84. The molecule has 0 radical (unpaired) electrons. The van der Waals surface area contributed by atoms with Gasteiger partial charge in [-0.3, -0.25) is 9.48 Å². The molecule has 0 spiro atoms. The minimum atomic E-state index is -4.49. The zero-order valence-corrected chi connectivity index (χ0v) is 15.9. The molecule has 0 bridgehead atoms. The number of nitrogens with zero attached hydrogens (tertiary/aromatic N) is 5. The Morgan fingerprint density at radius 1 is 1.39 bits per heavy atom. The lowest BCUT2D eigenvalue weighted by atomic mass is 10.0. The maximum atomic E-state index is 13.3. The van der Waals surface area contributed by atoms with E-state index in [1.54, 1.807) is 25.2 Å². The van der Waals surface area contributed by atoms with Crippen LogP contribution in [0.3, 0.4) is 0 Å². The van der Waals surface area contributed by atoms with Gasteiger partial charge >= 0.3 is 6.18 Å². The molecule has 28 heavy (non-hydrogen) atoms. The van der Waals surface area contributed by atoms with Crippen LogP contribution < -0.4 is 9.64 Å². The highest BCUT2D eigenvalue weighted by atomic mass is 19.4. The third-order valence-electron chi connectivity index (χ3n) is 4.88. The molecule has 3 heterocycles. The normalized spacial score (nSPS) is 17.5. The van der Waals surface area contributed by atoms with E-state index in [1.807, 2.05) is 0 Å². The van der Waals surface area contributed by atoms with Crippen LogP contribution >= 0.6 is 0 Å². The lowest BCUT2D eigenvalue weighted by Crippen LogP contribution is -2.49. The minimum Gasteiger partial charge on any atom is -0.479 e. The molecule has 1 saturated heterocycles. The molecule has 0 saturated carbocycles. The number of carbonyl (C=O) groups excluding carboxylic acids is 1. The predicted octanol–water partition coefficient (Wildman–Crippen LogP) is 2.58. The van der Waals surface area contributed by atoms with Crippen molar-refractivity contribution in [1.82, 2.24) is 19.7 Å². The molecular weight excluding hydrogens is 375 g/mol. The fraction of sp³-hybridized carbons (Fsp3) is 0.500. The molecule has 1 aliphatic rings. The van der Waals surface area contributed by atoms with Crippen LogP contribution in [0.5, 0.6) is 5.88 Å². The SMILES string of the molecule is COc1nn(C)cc1C(=O)N1CCCC(N(C)c2ncccc2C(F)(F)F)C1. The largest absolute Gasteiger partial charge is 0.479 e. The summed E-state index contributed by atoms with van der Waals surface area (Å²) in [5.41, 5.74) is -0.447. The van der Waals surface area contributed by atoms with E-state index in [0.717, 1.165) is 6.07 Å². The van der Waals surface area contributed by atoms with Gasteiger partial charge in [0.15, 0.2) is 0 Å². The monoisotopic (exact) mass is 397 g/mol. The van der Waals surface area contributed by atoms with Crippen LogP contribution in [0.15, 0.2) is 24.5 Å². The van der Waals surface area contributed by atoms with Crippen molar-refractivity contribution in [2.24, 2.45) is 7.05 Å². The predicted molar refractivity (Wildman–Crippen MR) is 96.3 cm³/mol. The lowest BCUT2D eigenvalue weighted by molar-refractivity contribution is -0.137. The summed E-state index contributed by atoms with van der Waals surface area (Å²) in [4.78, 5) is 20.0. The van der Waals surface area contributed by atoms with Gasteiger partial charge in [0.1, 0.15) is 11.4 Å². The third-order valence-corrected chi connectivity index (χ3v) is 4.88. The third kappa shape index (κ3) is 3.90. The Morgan fingerprint density at radius 3 is 2.82 bits per heavy atom. The van der Waals surface area contributed by atoms with Crippen molar-refractivity contribution in [2.75, 3.05) is 32.1 Å². The molecule has 0 aromatic carbocycles. The van der Waals surface area contributed by atoms with Crippen LogP contribution in [0, 0.1) is 0 Å². The standard InChI is InChI=1S/C18H22F3N5O2/c1-24-11-13(16(23-24)28-3)17(27)26-9-5-6-12(10-26)25(2)15-14(18(19,20)21)7-4-8-22-15/h4,7-8,11-12H,5-6,9-10H2,1-3H3. The van der Waals surface area contributed by atoms with Gasteiger partial charge in [-0.15, -0.1) is 5.10 Å². The summed E-state index contributed by atoms with van der Waals surface area (Å²) in [7, 11) is 4.71.